The second-order valence-electron chi connectivity index (χ2n) is 6.78. The summed E-state index contributed by atoms with van der Waals surface area (Å²) in [4.78, 5) is 59.7. The fourth-order valence-corrected chi connectivity index (χ4v) is 3.11. The van der Waals surface area contributed by atoms with E-state index >= 15 is 0 Å². The van der Waals surface area contributed by atoms with E-state index in [4.69, 9.17) is 4.74 Å². The van der Waals surface area contributed by atoms with Crippen LogP contribution in [0, 0.1) is 10.1 Å². The highest BCUT2D eigenvalue weighted by atomic mass is 16.6. The van der Waals surface area contributed by atoms with E-state index in [1.807, 2.05) is 0 Å². The summed E-state index contributed by atoms with van der Waals surface area (Å²) in [6.07, 6.45) is 0.294. The van der Waals surface area contributed by atoms with Crippen molar-refractivity contribution in [2.45, 2.75) is 13.3 Å². The minimum atomic E-state index is -0.631. The molecular weight excluding hydrogens is 420 g/mol. The molecule has 1 aliphatic heterocycles. The van der Waals surface area contributed by atoms with Crippen LogP contribution < -0.4 is 10.6 Å². The number of nitrogens with one attached hydrogen (secondary N) is 2. The lowest BCUT2D eigenvalue weighted by molar-refractivity contribution is -0.384. The first kappa shape index (κ1) is 22.4. The fourth-order valence-electron chi connectivity index (χ4n) is 3.11. The highest BCUT2D eigenvalue weighted by Crippen LogP contribution is 2.26. The van der Waals surface area contributed by atoms with Gasteiger partial charge in [0.25, 0.3) is 17.5 Å². The van der Waals surface area contributed by atoms with Crippen LogP contribution in [0.25, 0.3) is 0 Å². The molecule has 32 heavy (non-hydrogen) atoms. The standard InChI is InChI=1S/C21H20N4O7/c1-2-32-20(28)13-4-6-14(7-5-13)23-21(29)22-10-3-11-24-18(26)16-9-8-15(25(30)31)12-17(16)19(24)27/h4-9,12H,2-3,10-11H2,1H3,(H2,22,23,29). The number of carbonyl (C=O) groups excluding carboxylic acids is 4. The van der Waals surface area contributed by atoms with Crippen LogP contribution in [0.2, 0.25) is 0 Å². The Morgan fingerprint density at radius 1 is 1.06 bits per heavy atom. The molecule has 2 aromatic rings. The van der Waals surface area contributed by atoms with Crippen molar-refractivity contribution in [2.75, 3.05) is 25.0 Å². The third-order valence-corrected chi connectivity index (χ3v) is 4.66. The maximum absolute atomic E-state index is 12.4. The van der Waals surface area contributed by atoms with Crippen LogP contribution in [-0.2, 0) is 4.74 Å². The van der Waals surface area contributed by atoms with E-state index in [0.717, 1.165) is 11.0 Å². The summed E-state index contributed by atoms with van der Waals surface area (Å²) in [5.74, 6) is -1.57. The molecule has 1 aliphatic rings. The van der Waals surface area contributed by atoms with Crippen LogP contribution in [0.3, 0.4) is 0 Å². The molecule has 4 amide bonds. The van der Waals surface area contributed by atoms with Crippen LogP contribution >= 0.6 is 0 Å². The molecule has 2 aromatic carbocycles. The number of amides is 4. The van der Waals surface area contributed by atoms with Crippen LogP contribution in [0.1, 0.15) is 44.4 Å². The molecule has 0 spiro atoms. The highest BCUT2D eigenvalue weighted by Gasteiger charge is 2.36. The molecule has 0 fully saturated rings. The Hall–Kier alpha value is -4.28. The number of hydrogen-bond acceptors (Lipinski definition) is 7. The second-order valence-corrected chi connectivity index (χ2v) is 6.78. The van der Waals surface area contributed by atoms with Gasteiger partial charge in [-0.3, -0.25) is 24.6 Å². The minimum Gasteiger partial charge on any atom is -0.462 e. The Morgan fingerprint density at radius 2 is 1.75 bits per heavy atom. The average Bonchev–Trinajstić information content (AvgIpc) is 3.01. The van der Waals surface area contributed by atoms with Crippen LogP contribution in [0.15, 0.2) is 42.5 Å². The van der Waals surface area contributed by atoms with E-state index in [0.29, 0.717) is 17.7 Å². The Balaban J connectivity index is 1.46. The lowest BCUT2D eigenvalue weighted by Crippen LogP contribution is -2.35. The summed E-state index contributed by atoms with van der Waals surface area (Å²) in [7, 11) is 0. The maximum atomic E-state index is 12.4. The zero-order chi connectivity index (χ0) is 23.3. The topological polar surface area (TPSA) is 148 Å². The number of carbonyl (C=O) groups is 4. The first-order valence-electron chi connectivity index (χ1n) is 9.78. The summed E-state index contributed by atoms with van der Waals surface area (Å²) in [6, 6.07) is 9.22. The van der Waals surface area contributed by atoms with Crippen molar-refractivity contribution in [1.82, 2.24) is 10.2 Å². The molecule has 0 bridgehead atoms. The summed E-state index contributed by atoms with van der Waals surface area (Å²) >= 11 is 0. The zero-order valence-electron chi connectivity index (χ0n) is 17.1. The summed E-state index contributed by atoms with van der Waals surface area (Å²) in [6.45, 7) is 2.20. The van der Waals surface area contributed by atoms with E-state index in [1.165, 1.54) is 24.3 Å². The average molecular weight is 440 g/mol. The SMILES string of the molecule is CCOC(=O)c1ccc(NC(=O)NCCCN2C(=O)c3ccc([N+](=O)[O-])cc3C2=O)cc1. The minimum absolute atomic E-state index is 0.00108. The number of esters is 1. The van der Waals surface area contributed by atoms with Gasteiger partial charge in [-0.1, -0.05) is 0 Å². The van der Waals surface area contributed by atoms with Gasteiger partial charge in [0.05, 0.1) is 28.2 Å². The normalized spacial score (nSPS) is 12.3. The Kier molecular flexibility index (Phi) is 6.78. The van der Waals surface area contributed by atoms with Gasteiger partial charge in [0.15, 0.2) is 0 Å². The number of nitrogens with zero attached hydrogens (tertiary/aromatic N) is 2. The van der Waals surface area contributed by atoms with Crippen molar-refractivity contribution >= 4 is 35.2 Å². The molecule has 0 aromatic heterocycles. The number of imide groups is 1. The Labute approximate surface area is 182 Å². The Morgan fingerprint density at radius 3 is 2.41 bits per heavy atom. The summed E-state index contributed by atoms with van der Waals surface area (Å²) in [5.41, 5.74) is 0.695. The lowest BCUT2D eigenvalue weighted by Gasteiger charge is -2.14. The molecule has 1 heterocycles. The quantitative estimate of drug-likeness (QED) is 0.211. The number of anilines is 1. The molecule has 0 atom stereocenters. The smallest absolute Gasteiger partial charge is 0.338 e. The van der Waals surface area contributed by atoms with E-state index in [2.05, 4.69) is 10.6 Å². The molecule has 11 nitrogen and oxygen atoms in total. The molecular formula is C21H20N4O7. The number of benzene rings is 2. The number of ether oxygens (including phenoxy) is 1. The predicted octanol–water partition coefficient (Wildman–Crippen LogP) is 2.58. The van der Waals surface area contributed by atoms with Gasteiger partial charge in [-0.25, -0.2) is 9.59 Å². The van der Waals surface area contributed by atoms with Crippen molar-refractivity contribution < 1.29 is 28.8 Å². The van der Waals surface area contributed by atoms with Gasteiger partial charge in [0.2, 0.25) is 0 Å². The van der Waals surface area contributed by atoms with Gasteiger partial charge in [-0.15, -0.1) is 0 Å². The van der Waals surface area contributed by atoms with Gasteiger partial charge < -0.3 is 15.4 Å². The highest BCUT2D eigenvalue weighted by molar-refractivity contribution is 6.21. The number of non-ortho nitro benzene ring substituents is 1. The van der Waals surface area contributed by atoms with Crippen LogP contribution in [-0.4, -0.2) is 53.3 Å². The van der Waals surface area contributed by atoms with Crippen molar-refractivity contribution in [3.05, 3.63) is 69.3 Å². The van der Waals surface area contributed by atoms with Crippen molar-refractivity contribution in [2.24, 2.45) is 0 Å². The van der Waals surface area contributed by atoms with Gasteiger partial charge in [-0.05, 0) is 43.7 Å². The van der Waals surface area contributed by atoms with E-state index in [1.54, 1.807) is 19.1 Å². The van der Waals surface area contributed by atoms with E-state index in [-0.39, 0.29) is 36.5 Å². The second kappa shape index (κ2) is 9.69. The fraction of sp³-hybridized carbons (Fsp3) is 0.238. The third-order valence-electron chi connectivity index (χ3n) is 4.66. The molecule has 3 rings (SSSR count). The number of urea groups is 1. The summed E-state index contributed by atoms with van der Waals surface area (Å²) in [5, 5.41) is 16.1. The van der Waals surface area contributed by atoms with Gasteiger partial charge in [0, 0.05) is 30.9 Å². The molecule has 11 heteroatoms. The van der Waals surface area contributed by atoms with Crippen molar-refractivity contribution in [1.29, 1.82) is 0 Å². The molecule has 0 saturated heterocycles. The van der Waals surface area contributed by atoms with Crippen molar-refractivity contribution in [3.8, 4) is 0 Å². The molecule has 0 saturated carbocycles. The van der Waals surface area contributed by atoms with E-state index in [9.17, 15) is 29.3 Å². The number of fused-ring (bicyclic) bond motifs is 1. The van der Waals surface area contributed by atoms with Crippen LogP contribution in [0.4, 0.5) is 16.2 Å². The number of hydrogen-bond donors (Lipinski definition) is 2. The van der Waals surface area contributed by atoms with Gasteiger partial charge in [-0.2, -0.15) is 0 Å². The molecule has 0 unspecified atom stereocenters. The largest absolute Gasteiger partial charge is 0.462 e. The van der Waals surface area contributed by atoms with E-state index < -0.39 is 28.7 Å². The van der Waals surface area contributed by atoms with Crippen molar-refractivity contribution in [3.63, 3.8) is 0 Å². The first-order valence-corrected chi connectivity index (χ1v) is 9.78. The number of rotatable bonds is 8. The molecule has 2 N–H and O–H groups in total. The molecule has 0 radical (unpaired) electrons. The maximum Gasteiger partial charge on any atom is 0.338 e. The zero-order valence-corrected chi connectivity index (χ0v) is 17.1. The Bertz CT molecular complexity index is 1080. The van der Waals surface area contributed by atoms with Crippen LogP contribution in [0.5, 0.6) is 0 Å². The lowest BCUT2D eigenvalue weighted by atomic mass is 10.1. The van der Waals surface area contributed by atoms with Gasteiger partial charge in [0.1, 0.15) is 0 Å². The summed E-state index contributed by atoms with van der Waals surface area (Å²) < 4.78 is 4.89. The molecule has 0 aliphatic carbocycles. The predicted molar refractivity (Wildman–Crippen MR) is 113 cm³/mol. The number of nitro groups is 1. The molecule has 166 valence electrons. The monoisotopic (exact) mass is 440 g/mol. The first-order chi connectivity index (χ1) is 15.3. The third kappa shape index (κ3) is 4.89. The van der Waals surface area contributed by atoms with Gasteiger partial charge >= 0.3 is 12.0 Å². The number of nitro benzene ring substituents is 1.